The summed E-state index contributed by atoms with van der Waals surface area (Å²) in [5.41, 5.74) is 3.18. The van der Waals surface area contributed by atoms with Crippen molar-refractivity contribution in [3.63, 3.8) is 0 Å². The van der Waals surface area contributed by atoms with Crippen molar-refractivity contribution in [1.29, 1.82) is 0 Å². The molecule has 2 aliphatic rings. The molecule has 196 valence electrons. The highest BCUT2D eigenvalue weighted by Gasteiger charge is 2.46. The Morgan fingerprint density at radius 3 is 2.58 bits per heavy atom. The van der Waals surface area contributed by atoms with Crippen LogP contribution in [0.15, 0.2) is 72.3 Å². The van der Waals surface area contributed by atoms with Crippen LogP contribution in [0.4, 0.5) is 0 Å². The third-order valence-electron chi connectivity index (χ3n) is 6.91. The molecule has 38 heavy (non-hydrogen) atoms. The van der Waals surface area contributed by atoms with Gasteiger partial charge < -0.3 is 24.2 Å². The van der Waals surface area contributed by atoms with Crippen LogP contribution in [0.25, 0.3) is 5.76 Å². The second kappa shape index (κ2) is 10.6. The summed E-state index contributed by atoms with van der Waals surface area (Å²) in [6, 6.07) is 19.8. The SMILES string of the molecule is CCCN1C(=O)C(=O)/C(=C(/O)c2ccc3c(c2)CC(C)O3)C1c1ccc(OCc2ccccc2)c(OC)c1. The van der Waals surface area contributed by atoms with Gasteiger partial charge in [0.25, 0.3) is 11.7 Å². The number of nitrogens with zero attached hydrogens (tertiary/aromatic N) is 1. The van der Waals surface area contributed by atoms with Gasteiger partial charge in [-0.15, -0.1) is 0 Å². The van der Waals surface area contributed by atoms with Gasteiger partial charge in [0.1, 0.15) is 24.2 Å². The first-order chi connectivity index (χ1) is 18.4. The summed E-state index contributed by atoms with van der Waals surface area (Å²) in [6.07, 6.45) is 1.42. The van der Waals surface area contributed by atoms with Gasteiger partial charge in [-0.2, -0.15) is 0 Å². The van der Waals surface area contributed by atoms with Gasteiger partial charge in [-0.05, 0) is 60.4 Å². The van der Waals surface area contributed by atoms with Crippen molar-refractivity contribution in [1.82, 2.24) is 4.90 Å². The number of carbonyl (C=O) groups is 2. The second-order valence-electron chi connectivity index (χ2n) is 9.63. The summed E-state index contributed by atoms with van der Waals surface area (Å²) in [5.74, 6) is 0.268. The minimum atomic E-state index is -0.754. The highest BCUT2D eigenvalue weighted by molar-refractivity contribution is 6.46. The van der Waals surface area contributed by atoms with Gasteiger partial charge in [-0.3, -0.25) is 9.59 Å². The van der Waals surface area contributed by atoms with E-state index in [0.717, 1.165) is 16.9 Å². The Labute approximate surface area is 222 Å². The number of ether oxygens (including phenoxy) is 3. The molecular formula is C31H31NO6. The maximum atomic E-state index is 13.3. The molecule has 2 aliphatic heterocycles. The fourth-order valence-electron chi connectivity index (χ4n) is 5.13. The van der Waals surface area contributed by atoms with E-state index in [0.29, 0.717) is 48.6 Å². The molecule has 7 nitrogen and oxygen atoms in total. The predicted octanol–water partition coefficient (Wildman–Crippen LogP) is 5.43. The number of Topliss-reactive ketones (excluding diaryl/α,β-unsaturated/α-hetero) is 1. The maximum Gasteiger partial charge on any atom is 0.295 e. The number of fused-ring (bicyclic) bond motifs is 1. The van der Waals surface area contributed by atoms with Crippen LogP contribution in [0, 0.1) is 0 Å². The van der Waals surface area contributed by atoms with E-state index in [-0.39, 0.29) is 17.4 Å². The standard InChI is InChI=1S/C31H31NO6/c1-4-14-32-28(21-10-13-25(26(17-21)36-3)37-18-20-8-6-5-7-9-20)27(30(34)31(32)35)29(33)22-11-12-24-23(16-22)15-19(2)38-24/h5-13,16-17,19,28,33H,4,14-15,18H2,1-3H3/b29-27+. The van der Waals surface area contributed by atoms with E-state index >= 15 is 0 Å². The van der Waals surface area contributed by atoms with Crippen molar-refractivity contribution in [2.24, 2.45) is 0 Å². The average Bonchev–Trinajstić information content (AvgIpc) is 3.43. The van der Waals surface area contributed by atoms with Crippen LogP contribution in [0.2, 0.25) is 0 Å². The zero-order chi connectivity index (χ0) is 26.8. The van der Waals surface area contributed by atoms with Crippen molar-refractivity contribution in [3.05, 3.63) is 94.6 Å². The van der Waals surface area contributed by atoms with Crippen LogP contribution < -0.4 is 14.2 Å². The fourth-order valence-corrected chi connectivity index (χ4v) is 5.13. The lowest BCUT2D eigenvalue weighted by Crippen LogP contribution is -2.30. The largest absolute Gasteiger partial charge is 0.507 e. The van der Waals surface area contributed by atoms with Crippen molar-refractivity contribution in [2.45, 2.75) is 45.4 Å². The number of amides is 1. The van der Waals surface area contributed by atoms with E-state index in [9.17, 15) is 14.7 Å². The van der Waals surface area contributed by atoms with Gasteiger partial charge >= 0.3 is 0 Å². The van der Waals surface area contributed by atoms with E-state index < -0.39 is 17.7 Å². The molecule has 5 rings (SSSR count). The van der Waals surface area contributed by atoms with Crippen LogP contribution in [0.5, 0.6) is 17.2 Å². The van der Waals surface area contributed by atoms with Crippen LogP contribution in [-0.4, -0.2) is 41.5 Å². The van der Waals surface area contributed by atoms with E-state index in [1.165, 1.54) is 4.90 Å². The molecule has 2 atom stereocenters. The molecule has 3 aromatic rings. The first-order valence-electron chi connectivity index (χ1n) is 12.8. The number of aliphatic hydroxyl groups is 1. The first-order valence-corrected chi connectivity index (χ1v) is 12.8. The lowest BCUT2D eigenvalue weighted by atomic mass is 9.94. The minimum absolute atomic E-state index is 0.0487. The number of ketones is 1. The molecule has 1 N–H and O–H groups in total. The molecule has 0 radical (unpaired) electrons. The van der Waals surface area contributed by atoms with E-state index in [1.54, 1.807) is 31.4 Å². The summed E-state index contributed by atoms with van der Waals surface area (Å²) < 4.78 is 17.4. The van der Waals surface area contributed by atoms with Gasteiger partial charge in [0.15, 0.2) is 11.5 Å². The number of methoxy groups -OCH3 is 1. The summed E-state index contributed by atoms with van der Waals surface area (Å²) in [6.45, 7) is 4.66. The Bertz CT molecular complexity index is 1400. The number of hydrogen-bond donors (Lipinski definition) is 1. The molecule has 0 aliphatic carbocycles. The first kappa shape index (κ1) is 25.4. The van der Waals surface area contributed by atoms with Gasteiger partial charge in [0, 0.05) is 18.5 Å². The summed E-state index contributed by atoms with van der Waals surface area (Å²) in [5, 5.41) is 11.4. The smallest absolute Gasteiger partial charge is 0.295 e. The Kier molecular flexibility index (Phi) is 7.09. The Morgan fingerprint density at radius 2 is 1.84 bits per heavy atom. The summed E-state index contributed by atoms with van der Waals surface area (Å²) in [4.78, 5) is 27.9. The lowest BCUT2D eigenvalue weighted by molar-refractivity contribution is -0.139. The Balaban J connectivity index is 1.53. The highest BCUT2D eigenvalue weighted by Crippen LogP contribution is 2.43. The highest BCUT2D eigenvalue weighted by atomic mass is 16.5. The third kappa shape index (κ3) is 4.72. The molecule has 7 heteroatoms. The molecule has 0 aromatic heterocycles. The van der Waals surface area contributed by atoms with Gasteiger partial charge in [-0.1, -0.05) is 43.3 Å². The maximum absolute atomic E-state index is 13.3. The van der Waals surface area contributed by atoms with Crippen LogP contribution in [0.3, 0.4) is 0 Å². The molecule has 1 fully saturated rings. The van der Waals surface area contributed by atoms with Gasteiger partial charge in [0.05, 0.1) is 18.7 Å². The minimum Gasteiger partial charge on any atom is -0.507 e. The Morgan fingerprint density at radius 1 is 1.05 bits per heavy atom. The lowest BCUT2D eigenvalue weighted by Gasteiger charge is -2.25. The van der Waals surface area contributed by atoms with Gasteiger partial charge in [0.2, 0.25) is 0 Å². The molecule has 1 saturated heterocycles. The van der Waals surface area contributed by atoms with E-state index in [4.69, 9.17) is 14.2 Å². The van der Waals surface area contributed by atoms with Gasteiger partial charge in [-0.25, -0.2) is 0 Å². The Hall–Kier alpha value is -4.26. The zero-order valence-electron chi connectivity index (χ0n) is 21.8. The van der Waals surface area contributed by atoms with Crippen LogP contribution in [-0.2, 0) is 22.6 Å². The second-order valence-corrected chi connectivity index (χ2v) is 9.63. The quantitative estimate of drug-likeness (QED) is 0.246. The van der Waals surface area contributed by atoms with Crippen molar-refractivity contribution < 1.29 is 28.9 Å². The number of carbonyl (C=O) groups excluding carboxylic acids is 2. The van der Waals surface area contributed by atoms with Crippen molar-refractivity contribution in [2.75, 3.05) is 13.7 Å². The normalized spacial score (nSPS) is 19.8. The topological polar surface area (TPSA) is 85.3 Å². The van der Waals surface area contributed by atoms with Crippen molar-refractivity contribution in [3.8, 4) is 17.2 Å². The summed E-state index contributed by atoms with van der Waals surface area (Å²) >= 11 is 0. The molecular weight excluding hydrogens is 482 g/mol. The molecule has 0 saturated carbocycles. The molecule has 2 unspecified atom stereocenters. The third-order valence-corrected chi connectivity index (χ3v) is 6.91. The van der Waals surface area contributed by atoms with E-state index in [1.807, 2.05) is 56.3 Å². The monoisotopic (exact) mass is 513 g/mol. The molecule has 0 spiro atoms. The predicted molar refractivity (Wildman–Crippen MR) is 143 cm³/mol. The number of likely N-dealkylation sites (tertiary alicyclic amines) is 1. The van der Waals surface area contributed by atoms with Crippen molar-refractivity contribution >= 4 is 17.4 Å². The molecule has 2 heterocycles. The number of hydrogen-bond acceptors (Lipinski definition) is 6. The molecule has 3 aromatic carbocycles. The number of benzene rings is 3. The average molecular weight is 514 g/mol. The molecule has 1 amide bonds. The zero-order valence-corrected chi connectivity index (χ0v) is 21.8. The number of rotatable bonds is 8. The van der Waals surface area contributed by atoms with Crippen LogP contribution in [0.1, 0.15) is 48.6 Å². The fraction of sp³-hybridized carbons (Fsp3) is 0.290. The number of aliphatic hydroxyl groups excluding tert-OH is 1. The van der Waals surface area contributed by atoms with E-state index in [2.05, 4.69) is 0 Å². The van der Waals surface area contributed by atoms with Crippen LogP contribution >= 0.6 is 0 Å². The summed E-state index contributed by atoms with van der Waals surface area (Å²) in [7, 11) is 1.55. The molecule has 0 bridgehead atoms.